The van der Waals surface area contributed by atoms with E-state index >= 15 is 0 Å². The highest BCUT2D eigenvalue weighted by Crippen LogP contribution is 2.35. The summed E-state index contributed by atoms with van der Waals surface area (Å²) >= 11 is 0. The molecular weight excluding hydrogens is 248 g/mol. The average molecular weight is 268 g/mol. The van der Waals surface area contributed by atoms with Crippen molar-refractivity contribution >= 4 is 5.69 Å². The third-order valence-corrected chi connectivity index (χ3v) is 4.98. The van der Waals surface area contributed by atoms with Crippen molar-refractivity contribution in [2.45, 2.75) is 31.0 Å². The highest BCUT2D eigenvalue weighted by atomic mass is 16.5. The van der Waals surface area contributed by atoms with Gasteiger partial charge in [-0.1, -0.05) is 5.92 Å². The highest BCUT2D eigenvalue weighted by molar-refractivity contribution is 5.51. The van der Waals surface area contributed by atoms with E-state index in [1.807, 2.05) is 12.1 Å². The average Bonchev–Trinajstić information content (AvgIpc) is 2.69. The SMILES string of the molecule is C#Cc1ccc(N2CC3CCC(C2)N3C2COC2)cc1. The van der Waals surface area contributed by atoms with Crippen molar-refractivity contribution in [3.63, 3.8) is 0 Å². The number of hydrogen-bond acceptors (Lipinski definition) is 3. The second kappa shape index (κ2) is 4.80. The summed E-state index contributed by atoms with van der Waals surface area (Å²) in [5, 5.41) is 0. The van der Waals surface area contributed by atoms with Gasteiger partial charge >= 0.3 is 0 Å². The van der Waals surface area contributed by atoms with Crippen LogP contribution in [0.4, 0.5) is 5.69 Å². The Morgan fingerprint density at radius 3 is 2.15 bits per heavy atom. The molecule has 1 aromatic rings. The Morgan fingerprint density at radius 2 is 1.65 bits per heavy atom. The van der Waals surface area contributed by atoms with Gasteiger partial charge in [0, 0.05) is 36.4 Å². The van der Waals surface area contributed by atoms with Crippen LogP contribution in [-0.4, -0.2) is 49.3 Å². The highest BCUT2D eigenvalue weighted by Gasteiger charge is 2.45. The van der Waals surface area contributed by atoms with Crippen LogP contribution < -0.4 is 4.90 Å². The van der Waals surface area contributed by atoms with E-state index in [0.29, 0.717) is 18.1 Å². The number of ether oxygens (including phenoxy) is 1. The van der Waals surface area contributed by atoms with Gasteiger partial charge in [-0.2, -0.15) is 0 Å². The van der Waals surface area contributed by atoms with Crippen LogP contribution in [-0.2, 0) is 4.74 Å². The number of rotatable bonds is 2. The molecular formula is C17H20N2O. The molecule has 0 N–H and O–H groups in total. The van der Waals surface area contributed by atoms with Crippen LogP contribution in [0.25, 0.3) is 0 Å². The summed E-state index contributed by atoms with van der Waals surface area (Å²) in [6.07, 6.45) is 8.09. The number of piperazine rings is 1. The van der Waals surface area contributed by atoms with Crippen molar-refractivity contribution < 1.29 is 4.74 Å². The summed E-state index contributed by atoms with van der Waals surface area (Å²) < 4.78 is 5.38. The largest absolute Gasteiger partial charge is 0.378 e. The first-order valence-electron chi connectivity index (χ1n) is 7.52. The van der Waals surface area contributed by atoms with E-state index in [0.717, 1.165) is 31.9 Å². The van der Waals surface area contributed by atoms with Crippen LogP contribution in [0.1, 0.15) is 18.4 Å². The third kappa shape index (κ3) is 1.91. The first-order valence-corrected chi connectivity index (χ1v) is 7.52. The lowest BCUT2D eigenvalue weighted by molar-refractivity contribution is -0.0850. The maximum atomic E-state index is 5.42. The van der Waals surface area contributed by atoms with Gasteiger partial charge in [0.25, 0.3) is 0 Å². The van der Waals surface area contributed by atoms with E-state index < -0.39 is 0 Å². The fourth-order valence-corrected chi connectivity index (χ4v) is 3.91. The van der Waals surface area contributed by atoms with Gasteiger partial charge in [-0.3, -0.25) is 4.90 Å². The van der Waals surface area contributed by atoms with E-state index in [4.69, 9.17) is 11.2 Å². The smallest absolute Gasteiger partial charge is 0.0645 e. The number of fused-ring (bicyclic) bond motifs is 2. The minimum absolute atomic E-state index is 0.679. The molecule has 104 valence electrons. The molecule has 3 saturated heterocycles. The summed E-state index contributed by atoms with van der Waals surface area (Å²) in [6.45, 7) is 4.15. The van der Waals surface area contributed by atoms with E-state index in [1.54, 1.807) is 0 Å². The molecule has 0 aromatic heterocycles. The number of nitrogens with zero attached hydrogens (tertiary/aromatic N) is 2. The summed E-state index contributed by atoms with van der Waals surface area (Å²) in [4.78, 5) is 5.26. The van der Waals surface area contributed by atoms with Gasteiger partial charge in [-0.15, -0.1) is 6.42 Å². The molecule has 0 aliphatic carbocycles. The van der Waals surface area contributed by atoms with Crippen molar-refractivity contribution in [3.8, 4) is 12.3 Å². The predicted octanol–water partition coefficient (Wildman–Crippen LogP) is 1.72. The lowest BCUT2D eigenvalue weighted by Gasteiger charge is -2.48. The number of hydrogen-bond donors (Lipinski definition) is 0. The van der Waals surface area contributed by atoms with Crippen LogP contribution in [0.15, 0.2) is 24.3 Å². The van der Waals surface area contributed by atoms with Crippen LogP contribution in [0.2, 0.25) is 0 Å². The second-order valence-corrected chi connectivity index (χ2v) is 6.12. The Hall–Kier alpha value is -1.50. The van der Waals surface area contributed by atoms with Gasteiger partial charge in [0.05, 0.1) is 19.3 Å². The fourth-order valence-electron chi connectivity index (χ4n) is 3.91. The van der Waals surface area contributed by atoms with Gasteiger partial charge in [0.15, 0.2) is 0 Å². The molecule has 2 unspecified atom stereocenters. The molecule has 3 aliphatic heterocycles. The Morgan fingerprint density at radius 1 is 1.00 bits per heavy atom. The molecule has 3 heteroatoms. The van der Waals surface area contributed by atoms with Gasteiger partial charge in [0.2, 0.25) is 0 Å². The molecule has 1 aromatic carbocycles. The molecule has 0 saturated carbocycles. The standard InChI is InChI=1S/C17H20N2O/c1-2-13-3-5-14(6-4-13)18-9-15-7-8-16(10-18)19(15)17-11-20-12-17/h1,3-6,15-17H,7-12H2. The van der Waals surface area contributed by atoms with Gasteiger partial charge in [-0.25, -0.2) is 0 Å². The molecule has 0 amide bonds. The van der Waals surface area contributed by atoms with Crippen LogP contribution in [0.3, 0.4) is 0 Å². The Bertz CT molecular complexity index is 515. The quantitative estimate of drug-likeness (QED) is 0.760. The molecule has 3 fully saturated rings. The topological polar surface area (TPSA) is 15.7 Å². The monoisotopic (exact) mass is 268 g/mol. The number of anilines is 1. The number of benzene rings is 1. The summed E-state index contributed by atoms with van der Waals surface area (Å²) in [5.74, 6) is 2.68. The van der Waals surface area contributed by atoms with Crippen molar-refractivity contribution in [1.82, 2.24) is 4.90 Å². The zero-order chi connectivity index (χ0) is 13.5. The van der Waals surface area contributed by atoms with Crippen LogP contribution >= 0.6 is 0 Å². The normalized spacial score (nSPS) is 30.1. The van der Waals surface area contributed by atoms with Crippen molar-refractivity contribution in [3.05, 3.63) is 29.8 Å². The van der Waals surface area contributed by atoms with E-state index in [1.165, 1.54) is 18.5 Å². The lowest BCUT2D eigenvalue weighted by Crippen LogP contribution is -2.62. The Kier molecular flexibility index (Phi) is 2.94. The molecule has 4 rings (SSSR count). The van der Waals surface area contributed by atoms with Crippen LogP contribution in [0, 0.1) is 12.3 Å². The Balaban J connectivity index is 1.51. The molecule has 2 atom stereocenters. The van der Waals surface area contributed by atoms with Crippen molar-refractivity contribution in [2.24, 2.45) is 0 Å². The maximum absolute atomic E-state index is 5.42. The Labute approximate surface area is 120 Å². The lowest BCUT2D eigenvalue weighted by atomic mass is 10.1. The molecule has 3 nitrogen and oxygen atoms in total. The summed E-state index contributed by atoms with van der Waals surface area (Å²) in [6, 6.07) is 10.5. The third-order valence-electron chi connectivity index (χ3n) is 4.98. The first kappa shape index (κ1) is 12.3. The summed E-state index contributed by atoms with van der Waals surface area (Å²) in [5.41, 5.74) is 2.27. The van der Waals surface area contributed by atoms with Crippen LogP contribution in [0.5, 0.6) is 0 Å². The van der Waals surface area contributed by atoms with E-state index in [2.05, 4.69) is 27.9 Å². The minimum atomic E-state index is 0.679. The predicted molar refractivity (Wildman–Crippen MR) is 79.8 cm³/mol. The molecule has 3 heterocycles. The fraction of sp³-hybridized carbons (Fsp3) is 0.529. The zero-order valence-corrected chi connectivity index (χ0v) is 11.7. The number of terminal acetylenes is 1. The molecule has 0 radical (unpaired) electrons. The van der Waals surface area contributed by atoms with Gasteiger partial charge in [-0.05, 0) is 37.1 Å². The molecule has 20 heavy (non-hydrogen) atoms. The molecule has 2 bridgehead atoms. The first-order chi connectivity index (χ1) is 9.85. The maximum Gasteiger partial charge on any atom is 0.0645 e. The van der Waals surface area contributed by atoms with E-state index in [-0.39, 0.29) is 0 Å². The second-order valence-electron chi connectivity index (χ2n) is 6.12. The van der Waals surface area contributed by atoms with Gasteiger partial charge in [0.1, 0.15) is 0 Å². The van der Waals surface area contributed by atoms with E-state index in [9.17, 15) is 0 Å². The zero-order valence-electron chi connectivity index (χ0n) is 11.7. The molecule has 3 aliphatic rings. The van der Waals surface area contributed by atoms with Crippen molar-refractivity contribution in [1.29, 1.82) is 0 Å². The van der Waals surface area contributed by atoms with Crippen molar-refractivity contribution in [2.75, 3.05) is 31.2 Å². The van der Waals surface area contributed by atoms with Gasteiger partial charge < -0.3 is 9.64 Å². The minimum Gasteiger partial charge on any atom is -0.378 e. The summed E-state index contributed by atoms with van der Waals surface area (Å²) in [7, 11) is 0. The molecule has 0 spiro atoms.